The van der Waals surface area contributed by atoms with E-state index in [-0.39, 0.29) is 6.42 Å². The van der Waals surface area contributed by atoms with E-state index in [0.717, 1.165) is 23.1 Å². The number of carboxylic acid groups (broad SMARTS) is 1. The van der Waals surface area contributed by atoms with Crippen molar-refractivity contribution in [2.75, 3.05) is 0 Å². The highest BCUT2D eigenvalue weighted by molar-refractivity contribution is 5.68. The van der Waals surface area contributed by atoms with E-state index in [2.05, 4.69) is 0 Å². The van der Waals surface area contributed by atoms with Gasteiger partial charge in [-0.3, -0.25) is 4.79 Å². The maximum absolute atomic E-state index is 10.6. The van der Waals surface area contributed by atoms with Crippen molar-refractivity contribution < 1.29 is 9.90 Å². The Morgan fingerprint density at radius 3 is 2.73 bits per heavy atom. The van der Waals surface area contributed by atoms with Crippen molar-refractivity contribution in [1.82, 2.24) is 0 Å². The van der Waals surface area contributed by atoms with Gasteiger partial charge in [-0.25, -0.2) is 0 Å². The Morgan fingerprint density at radius 1 is 1.53 bits per heavy atom. The third kappa shape index (κ3) is 3.06. The molecule has 1 aromatic rings. The van der Waals surface area contributed by atoms with E-state index in [1.54, 1.807) is 0 Å². The first-order valence-corrected chi connectivity index (χ1v) is 5.11. The molecule has 0 radical (unpaired) electrons. The first-order valence-electron chi connectivity index (χ1n) is 5.11. The summed E-state index contributed by atoms with van der Waals surface area (Å²) in [7, 11) is 0. The van der Waals surface area contributed by atoms with Crippen LogP contribution in [-0.4, -0.2) is 11.1 Å². The zero-order valence-corrected chi connectivity index (χ0v) is 9.16. The molecule has 0 aliphatic carbocycles. The molecule has 0 spiro atoms. The lowest BCUT2D eigenvalue weighted by Gasteiger charge is -2.14. The molecule has 82 valence electrons. The van der Waals surface area contributed by atoms with Gasteiger partial charge < -0.3 is 10.8 Å². The Morgan fingerprint density at radius 2 is 2.20 bits per heavy atom. The van der Waals surface area contributed by atoms with Crippen molar-refractivity contribution in [1.29, 1.82) is 0 Å². The molecular formula is C12H17NO2. The van der Waals surface area contributed by atoms with Crippen LogP contribution in [-0.2, 0) is 11.2 Å². The summed E-state index contributed by atoms with van der Waals surface area (Å²) in [6.45, 7) is 4.03. The number of aliphatic carboxylic acids is 1. The number of hydrogen-bond donors (Lipinski definition) is 2. The Bertz CT molecular complexity index is 361. The zero-order chi connectivity index (χ0) is 11.4. The fourth-order valence-electron chi connectivity index (χ4n) is 1.68. The first kappa shape index (κ1) is 11.7. The van der Waals surface area contributed by atoms with Crippen LogP contribution in [0.4, 0.5) is 0 Å². The summed E-state index contributed by atoms with van der Waals surface area (Å²) in [4.78, 5) is 10.6. The van der Waals surface area contributed by atoms with Crippen molar-refractivity contribution >= 4 is 5.97 Å². The predicted octanol–water partition coefficient (Wildman–Crippen LogP) is 2.03. The molecule has 3 nitrogen and oxygen atoms in total. The van der Waals surface area contributed by atoms with Crippen LogP contribution in [0.2, 0.25) is 0 Å². The minimum absolute atomic E-state index is 0.0174. The second-order valence-corrected chi connectivity index (χ2v) is 3.76. The Labute approximate surface area is 89.9 Å². The van der Waals surface area contributed by atoms with E-state index >= 15 is 0 Å². The van der Waals surface area contributed by atoms with E-state index in [4.69, 9.17) is 10.8 Å². The molecule has 0 saturated heterocycles. The van der Waals surface area contributed by atoms with Crippen molar-refractivity contribution in [3.05, 3.63) is 34.9 Å². The molecule has 0 heterocycles. The highest BCUT2D eigenvalue weighted by Gasteiger charge is 2.13. The van der Waals surface area contributed by atoms with E-state index in [1.807, 2.05) is 32.0 Å². The maximum atomic E-state index is 10.6. The number of benzene rings is 1. The van der Waals surface area contributed by atoms with Gasteiger partial charge >= 0.3 is 5.97 Å². The molecule has 0 aromatic heterocycles. The Balaban J connectivity index is 2.99. The average Bonchev–Trinajstić information content (AvgIpc) is 2.16. The van der Waals surface area contributed by atoms with Gasteiger partial charge in [-0.1, -0.05) is 30.7 Å². The van der Waals surface area contributed by atoms with E-state index in [9.17, 15) is 4.79 Å². The standard InChI is InChI=1S/C12H17NO2/c1-3-9-5-4-8(2)6-10(9)11(13)7-12(14)15/h4-6,11H,3,7,13H2,1-2H3,(H,14,15). The number of carbonyl (C=O) groups is 1. The van der Waals surface area contributed by atoms with Gasteiger partial charge in [-0.2, -0.15) is 0 Å². The molecule has 1 aromatic carbocycles. The Kier molecular flexibility index (Phi) is 3.86. The molecule has 3 N–H and O–H groups in total. The van der Waals surface area contributed by atoms with Gasteiger partial charge in [0.25, 0.3) is 0 Å². The Hall–Kier alpha value is -1.35. The average molecular weight is 207 g/mol. The van der Waals surface area contributed by atoms with Crippen molar-refractivity contribution in [2.24, 2.45) is 5.73 Å². The second-order valence-electron chi connectivity index (χ2n) is 3.76. The molecular weight excluding hydrogens is 190 g/mol. The molecule has 3 heteroatoms. The van der Waals surface area contributed by atoms with Crippen molar-refractivity contribution in [3.63, 3.8) is 0 Å². The van der Waals surface area contributed by atoms with Gasteiger partial charge in [-0.15, -0.1) is 0 Å². The largest absolute Gasteiger partial charge is 0.481 e. The monoisotopic (exact) mass is 207 g/mol. The zero-order valence-electron chi connectivity index (χ0n) is 9.16. The SMILES string of the molecule is CCc1ccc(C)cc1C(N)CC(=O)O. The summed E-state index contributed by atoms with van der Waals surface area (Å²) >= 11 is 0. The number of hydrogen-bond acceptors (Lipinski definition) is 2. The predicted molar refractivity (Wildman–Crippen MR) is 59.7 cm³/mol. The van der Waals surface area contributed by atoms with E-state index in [1.165, 1.54) is 0 Å². The maximum Gasteiger partial charge on any atom is 0.305 e. The number of rotatable bonds is 4. The first-order chi connectivity index (χ1) is 7.04. The second kappa shape index (κ2) is 4.94. The third-order valence-corrected chi connectivity index (χ3v) is 2.48. The molecule has 1 rings (SSSR count). The highest BCUT2D eigenvalue weighted by Crippen LogP contribution is 2.21. The van der Waals surface area contributed by atoms with Gasteiger partial charge in [0.2, 0.25) is 0 Å². The lowest BCUT2D eigenvalue weighted by atomic mass is 9.95. The molecule has 0 saturated carbocycles. The van der Waals surface area contributed by atoms with Crippen molar-refractivity contribution in [2.45, 2.75) is 32.7 Å². The lowest BCUT2D eigenvalue weighted by molar-refractivity contribution is -0.137. The third-order valence-electron chi connectivity index (χ3n) is 2.48. The molecule has 0 fully saturated rings. The molecule has 1 unspecified atom stereocenters. The summed E-state index contributed by atoms with van der Waals surface area (Å²) in [5, 5.41) is 8.70. The van der Waals surface area contributed by atoms with Crippen LogP contribution in [0.5, 0.6) is 0 Å². The number of carboxylic acids is 1. The van der Waals surface area contributed by atoms with Gasteiger partial charge in [0.05, 0.1) is 6.42 Å². The number of nitrogens with two attached hydrogens (primary N) is 1. The van der Waals surface area contributed by atoms with Crippen LogP contribution < -0.4 is 5.73 Å². The van der Waals surface area contributed by atoms with Crippen LogP contribution in [0.1, 0.15) is 36.1 Å². The van der Waals surface area contributed by atoms with Crippen molar-refractivity contribution in [3.8, 4) is 0 Å². The molecule has 0 amide bonds. The highest BCUT2D eigenvalue weighted by atomic mass is 16.4. The van der Waals surface area contributed by atoms with Gasteiger partial charge in [0.15, 0.2) is 0 Å². The molecule has 1 atom stereocenters. The van der Waals surface area contributed by atoms with Crippen LogP contribution >= 0.6 is 0 Å². The number of aryl methyl sites for hydroxylation is 2. The topological polar surface area (TPSA) is 63.3 Å². The van der Waals surface area contributed by atoms with Gasteiger partial charge in [0, 0.05) is 6.04 Å². The molecule has 0 aliphatic rings. The molecule has 0 aliphatic heterocycles. The van der Waals surface area contributed by atoms with Crippen LogP contribution in [0.25, 0.3) is 0 Å². The summed E-state index contributed by atoms with van der Waals surface area (Å²) < 4.78 is 0. The van der Waals surface area contributed by atoms with Gasteiger partial charge in [-0.05, 0) is 24.5 Å². The van der Waals surface area contributed by atoms with Crippen LogP contribution in [0.15, 0.2) is 18.2 Å². The summed E-state index contributed by atoms with van der Waals surface area (Å²) in [5.41, 5.74) is 9.07. The quantitative estimate of drug-likeness (QED) is 0.794. The fourth-order valence-corrected chi connectivity index (χ4v) is 1.68. The van der Waals surface area contributed by atoms with Gasteiger partial charge in [0.1, 0.15) is 0 Å². The summed E-state index contributed by atoms with van der Waals surface area (Å²) in [6, 6.07) is 5.62. The summed E-state index contributed by atoms with van der Waals surface area (Å²) in [6.07, 6.45) is 0.861. The normalized spacial score (nSPS) is 12.5. The fraction of sp³-hybridized carbons (Fsp3) is 0.417. The smallest absolute Gasteiger partial charge is 0.305 e. The minimum Gasteiger partial charge on any atom is -0.481 e. The summed E-state index contributed by atoms with van der Waals surface area (Å²) in [5.74, 6) is -0.856. The molecule has 15 heavy (non-hydrogen) atoms. The van der Waals surface area contributed by atoms with E-state index in [0.29, 0.717) is 0 Å². The lowest BCUT2D eigenvalue weighted by Crippen LogP contribution is -2.16. The van der Waals surface area contributed by atoms with E-state index < -0.39 is 12.0 Å². The minimum atomic E-state index is -0.856. The van der Waals surface area contributed by atoms with Crippen LogP contribution in [0.3, 0.4) is 0 Å². The molecule has 0 bridgehead atoms. The van der Waals surface area contributed by atoms with Crippen LogP contribution in [0, 0.1) is 6.92 Å².